The van der Waals surface area contributed by atoms with Gasteiger partial charge in [0.05, 0.1) is 0 Å². The zero-order valence-corrected chi connectivity index (χ0v) is 8.26. The Hall–Kier alpha value is 0.350. The second kappa shape index (κ2) is 5.06. The predicted octanol–water partition coefficient (Wildman–Crippen LogP) is 3.38. The molecule has 0 fully saturated rings. The lowest BCUT2D eigenvalue weighted by atomic mass is 9.94. The minimum atomic E-state index is 0.508. The Balaban J connectivity index is 3.04. The summed E-state index contributed by atoms with van der Waals surface area (Å²) in [6.45, 7) is 10.7. The average Bonchev–Trinajstić information content (AvgIpc) is 1.78. The van der Waals surface area contributed by atoms with E-state index in [1.807, 2.05) is 11.8 Å². The summed E-state index contributed by atoms with van der Waals surface area (Å²) < 4.78 is 0. The zero-order valence-electron chi connectivity index (χ0n) is 7.44. The van der Waals surface area contributed by atoms with Crippen molar-refractivity contribution in [1.29, 1.82) is 0 Å². The number of hydrogen-bond donors (Lipinski definition) is 0. The van der Waals surface area contributed by atoms with Crippen LogP contribution in [0.4, 0.5) is 0 Å². The summed E-state index contributed by atoms with van der Waals surface area (Å²) in [7, 11) is 0. The van der Waals surface area contributed by atoms with Crippen molar-refractivity contribution in [3.63, 3.8) is 0 Å². The zero-order chi connectivity index (χ0) is 8.04. The van der Waals surface area contributed by atoms with Gasteiger partial charge >= 0.3 is 0 Å². The predicted molar refractivity (Wildman–Crippen MR) is 51.4 cm³/mol. The smallest absolute Gasteiger partial charge is 0.00626 e. The van der Waals surface area contributed by atoms with Gasteiger partial charge in [-0.1, -0.05) is 27.7 Å². The first-order valence-corrected chi connectivity index (χ1v) is 5.09. The molecule has 0 aliphatic heterocycles. The van der Waals surface area contributed by atoms with Crippen molar-refractivity contribution < 1.29 is 0 Å². The van der Waals surface area contributed by atoms with E-state index in [1.54, 1.807) is 0 Å². The Morgan fingerprint density at radius 3 is 2.20 bits per heavy atom. The van der Waals surface area contributed by atoms with Crippen molar-refractivity contribution >= 4 is 11.8 Å². The van der Waals surface area contributed by atoms with Crippen molar-refractivity contribution in [3.05, 3.63) is 6.92 Å². The van der Waals surface area contributed by atoms with Crippen LogP contribution in [0.5, 0.6) is 0 Å². The van der Waals surface area contributed by atoms with E-state index in [0.29, 0.717) is 5.41 Å². The van der Waals surface area contributed by atoms with Gasteiger partial charge in [0.2, 0.25) is 0 Å². The molecule has 0 saturated carbocycles. The standard InChI is InChI=1S/C9H19S/c1-5-7-10-8-6-9(2,3)4/h1,5-8H2,2-4H3. The molecule has 0 aromatic heterocycles. The van der Waals surface area contributed by atoms with Crippen LogP contribution >= 0.6 is 11.8 Å². The van der Waals surface area contributed by atoms with Crippen LogP contribution in [0.1, 0.15) is 33.6 Å². The fourth-order valence-corrected chi connectivity index (χ4v) is 1.75. The maximum atomic E-state index is 3.80. The maximum Gasteiger partial charge on any atom is -0.00626 e. The summed E-state index contributed by atoms with van der Waals surface area (Å²) in [6, 6.07) is 0. The van der Waals surface area contributed by atoms with Gasteiger partial charge in [0, 0.05) is 0 Å². The van der Waals surface area contributed by atoms with Gasteiger partial charge in [0.1, 0.15) is 0 Å². The van der Waals surface area contributed by atoms with Crippen molar-refractivity contribution in [2.45, 2.75) is 33.6 Å². The highest BCUT2D eigenvalue weighted by Gasteiger charge is 2.08. The van der Waals surface area contributed by atoms with Gasteiger partial charge in [-0.3, -0.25) is 0 Å². The van der Waals surface area contributed by atoms with Crippen molar-refractivity contribution in [2.24, 2.45) is 5.41 Å². The highest BCUT2D eigenvalue weighted by atomic mass is 32.2. The monoisotopic (exact) mass is 159 g/mol. The summed E-state index contributed by atoms with van der Waals surface area (Å²) in [6.07, 6.45) is 2.38. The summed E-state index contributed by atoms with van der Waals surface area (Å²) >= 11 is 2.02. The van der Waals surface area contributed by atoms with Gasteiger partial charge in [-0.05, 0) is 29.8 Å². The van der Waals surface area contributed by atoms with E-state index < -0.39 is 0 Å². The molecular formula is C9H19S. The normalized spacial score (nSPS) is 12.0. The van der Waals surface area contributed by atoms with E-state index >= 15 is 0 Å². The molecule has 0 saturated heterocycles. The molecule has 0 aromatic rings. The molecule has 0 nitrogen and oxygen atoms in total. The van der Waals surface area contributed by atoms with Crippen LogP contribution in [0.3, 0.4) is 0 Å². The molecule has 0 bridgehead atoms. The highest BCUT2D eigenvalue weighted by Crippen LogP contribution is 2.21. The molecule has 0 amide bonds. The van der Waals surface area contributed by atoms with Crippen molar-refractivity contribution in [1.82, 2.24) is 0 Å². The van der Waals surface area contributed by atoms with Gasteiger partial charge in [0.25, 0.3) is 0 Å². The molecule has 61 valence electrons. The van der Waals surface area contributed by atoms with Crippen molar-refractivity contribution in [2.75, 3.05) is 11.5 Å². The van der Waals surface area contributed by atoms with Gasteiger partial charge in [0.15, 0.2) is 0 Å². The topological polar surface area (TPSA) is 0 Å². The second-order valence-electron chi connectivity index (χ2n) is 3.78. The van der Waals surface area contributed by atoms with Crippen molar-refractivity contribution in [3.8, 4) is 0 Å². The minimum Gasteiger partial charge on any atom is -0.162 e. The van der Waals surface area contributed by atoms with E-state index in [0.717, 1.165) is 6.42 Å². The molecule has 0 aromatic carbocycles. The number of thioether (sulfide) groups is 1. The molecule has 0 rings (SSSR count). The highest BCUT2D eigenvalue weighted by molar-refractivity contribution is 7.99. The molecule has 1 radical (unpaired) electrons. The largest absolute Gasteiger partial charge is 0.162 e. The van der Waals surface area contributed by atoms with E-state index in [9.17, 15) is 0 Å². The molecule has 10 heavy (non-hydrogen) atoms. The van der Waals surface area contributed by atoms with Crippen LogP contribution in [0, 0.1) is 12.3 Å². The minimum absolute atomic E-state index is 0.508. The fraction of sp³-hybridized carbons (Fsp3) is 0.889. The maximum absolute atomic E-state index is 3.80. The van der Waals surface area contributed by atoms with E-state index in [4.69, 9.17) is 0 Å². The molecule has 0 N–H and O–H groups in total. The Morgan fingerprint density at radius 2 is 1.80 bits per heavy atom. The molecule has 0 spiro atoms. The van der Waals surface area contributed by atoms with Crippen LogP contribution in [0.15, 0.2) is 0 Å². The van der Waals surface area contributed by atoms with Gasteiger partial charge < -0.3 is 0 Å². The third-order valence-corrected chi connectivity index (χ3v) is 2.36. The Morgan fingerprint density at radius 1 is 1.20 bits per heavy atom. The second-order valence-corrected chi connectivity index (χ2v) is 5.00. The van der Waals surface area contributed by atoms with Gasteiger partial charge in [-0.25, -0.2) is 0 Å². The molecule has 1 heteroatoms. The third-order valence-electron chi connectivity index (χ3n) is 1.29. The molecule has 0 unspecified atom stereocenters. The molecular weight excluding hydrogens is 140 g/mol. The quantitative estimate of drug-likeness (QED) is 0.567. The van der Waals surface area contributed by atoms with Crippen LogP contribution in [0.25, 0.3) is 0 Å². The number of rotatable bonds is 4. The fourth-order valence-electron chi connectivity index (χ4n) is 0.582. The lowest BCUT2D eigenvalue weighted by molar-refractivity contribution is 0.401. The summed E-state index contributed by atoms with van der Waals surface area (Å²) in [5.41, 5.74) is 0.508. The summed E-state index contributed by atoms with van der Waals surface area (Å²) in [5, 5.41) is 0. The van der Waals surface area contributed by atoms with E-state index in [1.165, 1.54) is 17.9 Å². The van der Waals surface area contributed by atoms with Crippen LogP contribution in [0.2, 0.25) is 0 Å². The van der Waals surface area contributed by atoms with E-state index in [2.05, 4.69) is 27.7 Å². The summed E-state index contributed by atoms with van der Waals surface area (Å²) in [4.78, 5) is 0. The lowest BCUT2D eigenvalue weighted by Gasteiger charge is -2.16. The Bertz CT molecular complexity index is 71.3. The number of hydrogen-bond acceptors (Lipinski definition) is 1. The molecule has 0 aliphatic rings. The van der Waals surface area contributed by atoms with E-state index in [-0.39, 0.29) is 0 Å². The van der Waals surface area contributed by atoms with Crippen LogP contribution < -0.4 is 0 Å². The SMILES string of the molecule is [CH2]CCSCCC(C)(C)C. The van der Waals surface area contributed by atoms with Crippen LogP contribution in [-0.2, 0) is 0 Å². The van der Waals surface area contributed by atoms with Gasteiger partial charge in [-0.15, -0.1) is 0 Å². The first-order valence-electron chi connectivity index (χ1n) is 3.93. The first-order chi connectivity index (χ1) is 4.56. The molecule has 0 heterocycles. The lowest BCUT2D eigenvalue weighted by Crippen LogP contribution is -2.05. The third kappa shape index (κ3) is 8.35. The Labute approximate surface area is 69.8 Å². The Kier molecular flexibility index (Phi) is 5.24. The first kappa shape index (κ1) is 10.3. The average molecular weight is 159 g/mol. The molecule has 0 aliphatic carbocycles. The molecule has 0 atom stereocenters. The van der Waals surface area contributed by atoms with Crippen LogP contribution in [-0.4, -0.2) is 11.5 Å². The van der Waals surface area contributed by atoms with Gasteiger partial charge in [-0.2, -0.15) is 11.8 Å². The summed E-state index contributed by atoms with van der Waals surface area (Å²) in [5.74, 6) is 2.51.